The van der Waals surface area contributed by atoms with Crippen LogP contribution in [-0.2, 0) is 0 Å². The average Bonchev–Trinajstić information content (AvgIpc) is 2.40. The third-order valence-corrected chi connectivity index (χ3v) is 3.31. The highest BCUT2D eigenvalue weighted by Gasteiger charge is 2.24. The maximum Gasteiger partial charge on any atom is 0.192 e. The first-order valence-corrected chi connectivity index (χ1v) is 6.12. The van der Waals surface area contributed by atoms with Crippen molar-refractivity contribution in [1.29, 1.82) is 0 Å². The van der Waals surface area contributed by atoms with Crippen molar-refractivity contribution in [2.24, 2.45) is 0 Å². The minimum Gasteiger partial charge on any atom is -0.494 e. The van der Waals surface area contributed by atoms with E-state index in [1.54, 1.807) is 0 Å². The number of allylic oxidation sites excluding steroid dienone is 1. The summed E-state index contributed by atoms with van der Waals surface area (Å²) in [6.07, 6.45) is 1.88. The summed E-state index contributed by atoms with van der Waals surface area (Å²) in [4.78, 5) is 1.88. The molecule has 0 fully saturated rings. The van der Waals surface area contributed by atoms with Crippen LogP contribution in [0.1, 0.15) is 18.4 Å². The van der Waals surface area contributed by atoms with Gasteiger partial charge in [0.1, 0.15) is 0 Å². The van der Waals surface area contributed by atoms with E-state index in [4.69, 9.17) is 0 Å². The number of rotatable bonds is 1. The van der Waals surface area contributed by atoms with Gasteiger partial charge in [0.15, 0.2) is 5.88 Å². The highest BCUT2D eigenvalue weighted by atomic mass is 16.3. The lowest BCUT2D eigenvalue weighted by Gasteiger charge is -2.31. The van der Waals surface area contributed by atoms with Crippen LogP contribution in [0.3, 0.4) is 0 Å². The van der Waals surface area contributed by atoms with Crippen LogP contribution < -0.4 is 4.90 Å². The van der Waals surface area contributed by atoms with Crippen LogP contribution in [0.5, 0.6) is 0 Å². The molecule has 2 heteroatoms. The second-order valence-corrected chi connectivity index (χ2v) is 4.54. The molecule has 1 heterocycles. The van der Waals surface area contributed by atoms with Gasteiger partial charge in [-0.3, -0.25) is 4.90 Å². The van der Waals surface area contributed by atoms with Gasteiger partial charge in [-0.1, -0.05) is 43.3 Å². The van der Waals surface area contributed by atoms with Gasteiger partial charge in [0.25, 0.3) is 0 Å². The van der Waals surface area contributed by atoms with E-state index in [0.29, 0.717) is 5.88 Å². The van der Waals surface area contributed by atoms with E-state index < -0.39 is 0 Å². The molecular weight excluding hydrogens is 222 g/mol. The molecule has 0 saturated heterocycles. The standard InChI is InChI=1S/C16H15NO/c1-12-11-16(18)17(13-7-3-2-4-8-13)15-10-6-5-9-14(12)15/h2-12,18H,1H3. The van der Waals surface area contributed by atoms with Crippen LogP contribution in [0.25, 0.3) is 0 Å². The van der Waals surface area contributed by atoms with Gasteiger partial charge in [-0.15, -0.1) is 0 Å². The predicted molar refractivity (Wildman–Crippen MR) is 74.1 cm³/mol. The van der Waals surface area contributed by atoms with Gasteiger partial charge < -0.3 is 5.11 Å². The van der Waals surface area contributed by atoms with E-state index in [1.807, 2.05) is 59.5 Å². The topological polar surface area (TPSA) is 23.5 Å². The first kappa shape index (κ1) is 10.9. The lowest BCUT2D eigenvalue weighted by atomic mass is 9.95. The molecule has 0 aromatic heterocycles. The zero-order valence-corrected chi connectivity index (χ0v) is 10.2. The molecule has 0 spiro atoms. The highest BCUT2D eigenvalue weighted by molar-refractivity contribution is 5.73. The number of aliphatic hydroxyl groups excluding tert-OH is 1. The van der Waals surface area contributed by atoms with E-state index in [-0.39, 0.29) is 5.92 Å². The Labute approximate surface area is 107 Å². The third kappa shape index (κ3) is 1.66. The van der Waals surface area contributed by atoms with Gasteiger partial charge in [0.05, 0.1) is 5.69 Å². The lowest BCUT2D eigenvalue weighted by Crippen LogP contribution is -2.22. The largest absolute Gasteiger partial charge is 0.494 e. The van der Waals surface area contributed by atoms with Crippen molar-refractivity contribution in [3.8, 4) is 0 Å². The Balaban J connectivity index is 2.17. The second-order valence-electron chi connectivity index (χ2n) is 4.54. The van der Waals surface area contributed by atoms with Gasteiger partial charge in [-0.25, -0.2) is 0 Å². The smallest absolute Gasteiger partial charge is 0.192 e. The van der Waals surface area contributed by atoms with Crippen molar-refractivity contribution in [3.05, 3.63) is 72.1 Å². The van der Waals surface area contributed by atoms with Crippen molar-refractivity contribution in [3.63, 3.8) is 0 Å². The quantitative estimate of drug-likeness (QED) is 0.797. The summed E-state index contributed by atoms with van der Waals surface area (Å²) in [5, 5.41) is 10.2. The summed E-state index contributed by atoms with van der Waals surface area (Å²) >= 11 is 0. The van der Waals surface area contributed by atoms with E-state index in [0.717, 1.165) is 11.4 Å². The van der Waals surface area contributed by atoms with Crippen LogP contribution in [0.4, 0.5) is 11.4 Å². The molecule has 90 valence electrons. The van der Waals surface area contributed by atoms with Crippen LogP contribution in [0.2, 0.25) is 0 Å². The molecule has 0 bridgehead atoms. The van der Waals surface area contributed by atoms with E-state index in [1.165, 1.54) is 5.56 Å². The highest BCUT2D eigenvalue weighted by Crippen LogP contribution is 2.39. The maximum atomic E-state index is 10.2. The monoisotopic (exact) mass is 237 g/mol. The number of nitrogens with zero attached hydrogens (tertiary/aromatic N) is 1. The summed E-state index contributed by atoms with van der Waals surface area (Å²) in [5.41, 5.74) is 3.26. The van der Waals surface area contributed by atoms with Crippen molar-refractivity contribution < 1.29 is 5.11 Å². The lowest BCUT2D eigenvalue weighted by molar-refractivity contribution is 0.395. The van der Waals surface area contributed by atoms with Crippen LogP contribution in [0.15, 0.2) is 66.6 Å². The van der Waals surface area contributed by atoms with Gasteiger partial charge in [0, 0.05) is 11.6 Å². The SMILES string of the molecule is CC1C=C(O)N(c2ccccc2)c2ccccc21. The Morgan fingerprint density at radius 3 is 2.39 bits per heavy atom. The fourth-order valence-electron chi connectivity index (χ4n) is 2.44. The maximum absolute atomic E-state index is 10.2. The summed E-state index contributed by atoms with van der Waals surface area (Å²) in [7, 11) is 0. The van der Waals surface area contributed by atoms with E-state index in [2.05, 4.69) is 13.0 Å². The molecular formula is C16H15NO. The number of hydrogen-bond acceptors (Lipinski definition) is 2. The van der Waals surface area contributed by atoms with Crippen molar-refractivity contribution >= 4 is 11.4 Å². The van der Waals surface area contributed by atoms with Gasteiger partial charge in [-0.05, 0) is 29.8 Å². The Morgan fingerprint density at radius 2 is 1.61 bits per heavy atom. The molecule has 3 rings (SSSR count). The molecule has 1 aliphatic heterocycles. The number of fused-ring (bicyclic) bond motifs is 1. The number of para-hydroxylation sites is 2. The molecule has 1 unspecified atom stereocenters. The summed E-state index contributed by atoms with van der Waals surface area (Å²) in [6.45, 7) is 2.09. The Hall–Kier alpha value is -2.22. The summed E-state index contributed by atoms with van der Waals surface area (Å²) in [6, 6.07) is 18.1. The molecule has 0 amide bonds. The zero-order chi connectivity index (χ0) is 12.5. The van der Waals surface area contributed by atoms with Crippen LogP contribution in [-0.4, -0.2) is 5.11 Å². The summed E-state index contributed by atoms with van der Waals surface area (Å²) in [5.74, 6) is 0.536. The molecule has 2 aromatic carbocycles. The zero-order valence-electron chi connectivity index (χ0n) is 10.2. The van der Waals surface area contributed by atoms with Crippen molar-refractivity contribution in [2.45, 2.75) is 12.8 Å². The first-order valence-electron chi connectivity index (χ1n) is 6.12. The van der Waals surface area contributed by atoms with Crippen molar-refractivity contribution in [2.75, 3.05) is 4.90 Å². The van der Waals surface area contributed by atoms with Gasteiger partial charge in [-0.2, -0.15) is 0 Å². The minimum atomic E-state index is 0.237. The van der Waals surface area contributed by atoms with E-state index >= 15 is 0 Å². The fourth-order valence-corrected chi connectivity index (χ4v) is 2.44. The molecule has 18 heavy (non-hydrogen) atoms. The van der Waals surface area contributed by atoms with Gasteiger partial charge >= 0.3 is 0 Å². The second kappa shape index (κ2) is 4.22. The number of benzene rings is 2. The fraction of sp³-hybridized carbons (Fsp3) is 0.125. The number of hydrogen-bond donors (Lipinski definition) is 1. The Morgan fingerprint density at radius 1 is 0.944 bits per heavy atom. The Kier molecular flexibility index (Phi) is 2.56. The molecule has 1 N–H and O–H groups in total. The first-order chi connectivity index (χ1) is 8.77. The molecule has 2 aromatic rings. The number of aliphatic hydroxyl groups is 1. The third-order valence-electron chi connectivity index (χ3n) is 3.31. The number of anilines is 2. The molecule has 1 atom stereocenters. The van der Waals surface area contributed by atoms with Crippen molar-refractivity contribution in [1.82, 2.24) is 0 Å². The normalized spacial score (nSPS) is 18.2. The predicted octanol–water partition coefficient (Wildman–Crippen LogP) is 4.34. The summed E-state index contributed by atoms with van der Waals surface area (Å²) < 4.78 is 0. The molecule has 0 aliphatic carbocycles. The van der Waals surface area contributed by atoms with E-state index in [9.17, 15) is 5.11 Å². The minimum absolute atomic E-state index is 0.237. The van der Waals surface area contributed by atoms with Crippen LogP contribution >= 0.6 is 0 Å². The molecule has 2 nitrogen and oxygen atoms in total. The van der Waals surface area contributed by atoms with Crippen LogP contribution in [0, 0.1) is 0 Å². The average molecular weight is 237 g/mol. The molecule has 0 radical (unpaired) electrons. The molecule has 1 aliphatic rings. The molecule has 0 saturated carbocycles. The van der Waals surface area contributed by atoms with Gasteiger partial charge in [0.2, 0.25) is 0 Å². The Bertz CT molecular complexity index is 589.